The molecule has 2 unspecified atom stereocenters. The molecule has 1 aromatic carbocycles. The Morgan fingerprint density at radius 3 is 2.77 bits per heavy atom. The van der Waals surface area contributed by atoms with E-state index in [1.54, 1.807) is 0 Å². The molecule has 2 aliphatic carbocycles. The van der Waals surface area contributed by atoms with E-state index in [1.807, 2.05) is 39.0 Å². The first-order valence-corrected chi connectivity index (χ1v) is 8.97. The van der Waals surface area contributed by atoms with Crippen LogP contribution in [-0.4, -0.2) is 29.1 Å². The highest BCUT2D eigenvalue weighted by Gasteiger charge is 2.62. The maximum Gasteiger partial charge on any atom is 0.245 e. The molecule has 26 heavy (non-hydrogen) atoms. The zero-order chi connectivity index (χ0) is 17.8. The van der Waals surface area contributed by atoms with Crippen molar-refractivity contribution in [3.05, 3.63) is 24.1 Å². The van der Waals surface area contributed by atoms with Gasteiger partial charge in [0.1, 0.15) is 11.1 Å². The standard InChI is InChI=1S/C19H25N3O3.ClH/c1-4-24-15-10-19(20,18(15,2)3)17(23)21-12-7-8-14-13(9-12)22-16(25-14)11-5-6-11;/h7-9,11,15H,4-6,10,20H2,1-3H3,(H,21,23);1H. The molecule has 2 aromatic rings. The normalized spacial score (nSPS) is 26.8. The second-order valence-corrected chi connectivity index (χ2v) is 7.80. The zero-order valence-electron chi connectivity index (χ0n) is 15.4. The van der Waals surface area contributed by atoms with Crippen LogP contribution in [0.4, 0.5) is 5.69 Å². The molecular weight excluding hydrogens is 354 g/mol. The summed E-state index contributed by atoms with van der Waals surface area (Å²) in [5, 5.41) is 2.95. The summed E-state index contributed by atoms with van der Waals surface area (Å²) >= 11 is 0. The van der Waals surface area contributed by atoms with E-state index in [0.717, 1.165) is 29.8 Å². The first kappa shape index (κ1) is 19.1. The van der Waals surface area contributed by atoms with Crippen molar-refractivity contribution in [3.8, 4) is 0 Å². The van der Waals surface area contributed by atoms with Gasteiger partial charge < -0.3 is 20.2 Å². The summed E-state index contributed by atoms with van der Waals surface area (Å²) in [5.74, 6) is 1.08. The van der Waals surface area contributed by atoms with Crippen LogP contribution < -0.4 is 11.1 Å². The molecule has 2 fully saturated rings. The van der Waals surface area contributed by atoms with Gasteiger partial charge in [0.2, 0.25) is 5.91 Å². The molecule has 1 aromatic heterocycles. The molecule has 0 radical (unpaired) electrons. The number of nitrogens with two attached hydrogens (primary N) is 1. The summed E-state index contributed by atoms with van der Waals surface area (Å²) in [4.78, 5) is 17.3. The maximum absolute atomic E-state index is 12.8. The van der Waals surface area contributed by atoms with Crippen LogP contribution in [0.2, 0.25) is 0 Å². The van der Waals surface area contributed by atoms with E-state index in [0.29, 0.717) is 24.6 Å². The lowest BCUT2D eigenvalue weighted by molar-refractivity contribution is -0.166. The predicted molar refractivity (Wildman–Crippen MR) is 103 cm³/mol. The van der Waals surface area contributed by atoms with Crippen LogP contribution in [-0.2, 0) is 9.53 Å². The number of anilines is 1. The minimum atomic E-state index is -0.940. The Morgan fingerprint density at radius 2 is 2.15 bits per heavy atom. The molecule has 6 nitrogen and oxygen atoms in total. The van der Waals surface area contributed by atoms with Crippen LogP contribution in [0.25, 0.3) is 11.1 Å². The highest BCUT2D eigenvalue weighted by molar-refractivity contribution is 6.00. The number of halogens is 1. The fourth-order valence-corrected chi connectivity index (χ4v) is 3.59. The molecule has 7 heteroatoms. The molecule has 0 bridgehead atoms. The van der Waals surface area contributed by atoms with Crippen molar-refractivity contribution >= 4 is 35.1 Å². The van der Waals surface area contributed by atoms with Gasteiger partial charge in [0.05, 0.1) is 6.10 Å². The summed E-state index contributed by atoms with van der Waals surface area (Å²) < 4.78 is 11.5. The third kappa shape index (κ3) is 2.90. The van der Waals surface area contributed by atoms with Crippen LogP contribution in [0, 0.1) is 5.41 Å². The summed E-state index contributed by atoms with van der Waals surface area (Å²) in [6.45, 7) is 6.55. The number of oxazole rings is 1. The van der Waals surface area contributed by atoms with Crippen LogP contribution in [0.15, 0.2) is 22.6 Å². The van der Waals surface area contributed by atoms with Gasteiger partial charge in [-0.15, -0.1) is 12.4 Å². The van der Waals surface area contributed by atoms with Crippen molar-refractivity contribution in [1.29, 1.82) is 0 Å². The van der Waals surface area contributed by atoms with E-state index in [1.165, 1.54) is 0 Å². The number of amides is 1. The Labute approximate surface area is 159 Å². The van der Waals surface area contributed by atoms with Crippen molar-refractivity contribution in [1.82, 2.24) is 4.98 Å². The Morgan fingerprint density at radius 1 is 1.42 bits per heavy atom. The van der Waals surface area contributed by atoms with Gasteiger partial charge in [0, 0.05) is 30.0 Å². The maximum atomic E-state index is 12.8. The molecular formula is C19H26ClN3O3. The average Bonchev–Trinajstić information content (AvgIpc) is 3.34. The molecule has 1 amide bonds. The second kappa shape index (κ2) is 6.51. The van der Waals surface area contributed by atoms with Gasteiger partial charge in [0.25, 0.3) is 0 Å². The lowest BCUT2D eigenvalue weighted by Gasteiger charge is -2.57. The molecule has 1 heterocycles. The van der Waals surface area contributed by atoms with Crippen LogP contribution in [0.1, 0.15) is 51.8 Å². The smallest absolute Gasteiger partial charge is 0.245 e. The fourth-order valence-electron chi connectivity index (χ4n) is 3.59. The molecule has 142 valence electrons. The van der Waals surface area contributed by atoms with Crippen LogP contribution in [0.5, 0.6) is 0 Å². The Hall–Kier alpha value is -1.63. The molecule has 0 saturated heterocycles. The van der Waals surface area contributed by atoms with Gasteiger partial charge >= 0.3 is 0 Å². The van der Waals surface area contributed by atoms with E-state index in [9.17, 15) is 4.79 Å². The van der Waals surface area contributed by atoms with Crippen molar-refractivity contribution in [2.45, 2.75) is 57.6 Å². The number of nitrogens with zero attached hydrogens (tertiary/aromatic N) is 1. The number of nitrogens with one attached hydrogen (secondary N) is 1. The monoisotopic (exact) mass is 379 g/mol. The van der Waals surface area contributed by atoms with Gasteiger partial charge in [-0.1, -0.05) is 13.8 Å². The number of rotatable bonds is 5. The summed E-state index contributed by atoms with van der Waals surface area (Å²) in [6.07, 6.45) is 2.81. The highest BCUT2D eigenvalue weighted by Crippen LogP contribution is 2.50. The second-order valence-electron chi connectivity index (χ2n) is 7.80. The van der Waals surface area contributed by atoms with E-state index in [-0.39, 0.29) is 24.4 Å². The first-order chi connectivity index (χ1) is 11.8. The molecule has 4 rings (SSSR count). The Kier molecular flexibility index (Phi) is 4.80. The van der Waals surface area contributed by atoms with Gasteiger partial charge in [-0.2, -0.15) is 0 Å². The summed E-state index contributed by atoms with van der Waals surface area (Å²) in [5.41, 5.74) is 7.29. The zero-order valence-corrected chi connectivity index (χ0v) is 16.2. The summed E-state index contributed by atoms with van der Waals surface area (Å²) in [7, 11) is 0. The number of carbonyl (C=O) groups is 1. The predicted octanol–water partition coefficient (Wildman–Crippen LogP) is 3.60. The third-order valence-corrected chi connectivity index (χ3v) is 5.82. The largest absolute Gasteiger partial charge is 0.440 e. The lowest BCUT2D eigenvalue weighted by atomic mass is 9.54. The average molecular weight is 380 g/mol. The third-order valence-electron chi connectivity index (χ3n) is 5.82. The van der Waals surface area contributed by atoms with Crippen LogP contribution >= 0.6 is 12.4 Å². The minimum Gasteiger partial charge on any atom is -0.440 e. The topological polar surface area (TPSA) is 90.4 Å². The van der Waals surface area contributed by atoms with E-state index < -0.39 is 11.0 Å². The SMILES string of the molecule is CCOC1CC(N)(C(=O)Nc2ccc3oc(C4CC4)nc3c2)C1(C)C.Cl. The van der Waals surface area contributed by atoms with Crippen molar-refractivity contribution in [3.63, 3.8) is 0 Å². The number of hydrogen-bond donors (Lipinski definition) is 2. The van der Waals surface area contributed by atoms with E-state index in [4.69, 9.17) is 14.9 Å². The molecule has 2 atom stereocenters. The van der Waals surface area contributed by atoms with Gasteiger partial charge in [-0.05, 0) is 38.0 Å². The number of hydrogen-bond acceptors (Lipinski definition) is 5. The molecule has 3 N–H and O–H groups in total. The molecule has 2 aliphatic rings. The lowest BCUT2D eigenvalue weighted by Crippen LogP contribution is -2.74. The summed E-state index contributed by atoms with van der Waals surface area (Å²) in [6, 6.07) is 5.52. The van der Waals surface area contributed by atoms with E-state index >= 15 is 0 Å². The quantitative estimate of drug-likeness (QED) is 0.828. The molecule has 0 spiro atoms. The van der Waals surface area contributed by atoms with Crippen molar-refractivity contribution in [2.75, 3.05) is 11.9 Å². The van der Waals surface area contributed by atoms with Gasteiger partial charge in [-0.25, -0.2) is 4.98 Å². The van der Waals surface area contributed by atoms with Gasteiger partial charge in [-0.3, -0.25) is 4.79 Å². The van der Waals surface area contributed by atoms with Gasteiger partial charge in [0.15, 0.2) is 11.5 Å². The van der Waals surface area contributed by atoms with Crippen molar-refractivity contribution in [2.24, 2.45) is 11.1 Å². The van der Waals surface area contributed by atoms with Crippen molar-refractivity contribution < 1.29 is 13.9 Å². The molecule has 0 aliphatic heterocycles. The first-order valence-electron chi connectivity index (χ1n) is 8.97. The number of aromatic nitrogens is 1. The Balaban J connectivity index is 0.00000196. The number of carbonyl (C=O) groups excluding carboxylic acids is 1. The number of benzene rings is 1. The number of ether oxygens (including phenoxy) is 1. The van der Waals surface area contributed by atoms with Crippen LogP contribution in [0.3, 0.4) is 0 Å². The minimum absolute atomic E-state index is 0. The van der Waals surface area contributed by atoms with E-state index in [2.05, 4.69) is 10.3 Å². The number of fused-ring (bicyclic) bond motifs is 1. The highest BCUT2D eigenvalue weighted by atomic mass is 35.5. The fraction of sp³-hybridized carbons (Fsp3) is 0.579. The molecule has 2 saturated carbocycles. The Bertz CT molecular complexity index is 831.